The number of nitrogens with zero attached hydrogens (tertiary/aromatic N) is 1. The van der Waals surface area contributed by atoms with Crippen LogP contribution in [0.1, 0.15) is 41.4 Å². The molecule has 7 nitrogen and oxygen atoms in total. The number of alkyl halides is 1. The van der Waals surface area contributed by atoms with Crippen molar-refractivity contribution in [1.82, 2.24) is 9.97 Å². The average Bonchev–Trinajstić information content (AvgIpc) is 3.35. The molecule has 0 bridgehead atoms. The Bertz CT molecular complexity index is 1410. The topological polar surface area (TPSA) is 93.7 Å². The van der Waals surface area contributed by atoms with Gasteiger partial charge in [0.05, 0.1) is 19.9 Å². The van der Waals surface area contributed by atoms with Gasteiger partial charge in [0, 0.05) is 34.6 Å². The number of aromatic amines is 1. The number of ketones is 1. The minimum Gasteiger partial charge on any atom is -0.494 e. The van der Waals surface area contributed by atoms with Crippen molar-refractivity contribution in [2.45, 2.75) is 32.3 Å². The van der Waals surface area contributed by atoms with Gasteiger partial charge in [-0.15, -0.1) is 0 Å². The summed E-state index contributed by atoms with van der Waals surface area (Å²) in [6, 6.07) is 14.3. The highest BCUT2D eigenvalue weighted by Gasteiger charge is 2.28. The van der Waals surface area contributed by atoms with Gasteiger partial charge in [-0.25, -0.2) is 9.37 Å². The van der Waals surface area contributed by atoms with Gasteiger partial charge in [0.2, 0.25) is 0 Å². The maximum atomic E-state index is 12.9. The number of aromatic nitrogens is 2. The van der Waals surface area contributed by atoms with Gasteiger partial charge in [-0.1, -0.05) is 18.2 Å². The molecule has 0 aliphatic rings. The molecule has 0 unspecified atom stereocenters. The molecule has 0 radical (unpaired) electrons. The van der Waals surface area contributed by atoms with Gasteiger partial charge >= 0.3 is 0 Å². The van der Waals surface area contributed by atoms with Crippen LogP contribution >= 0.6 is 0 Å². The van der Waals surface area contributed by atoms with Crippen LogP contribution in [0.2, 0.25) is 0 Å². The number of Topliss-reactive ketones (excluding diaryl/α,β-unsaturated/α-hetero) is 1. The molecule has 0 fully saturated rings. The predicted molar refractivity (Wildman–Crippen MR) is 140 cm³/mol. The fourth-order valence-corrected chi connectivity index (χ4v) is 4.34. The minimum atomic E-state index is -1.37. The van der Waals surface area contributed by atoms with E-state index in [1.165, 1.54) is 7.11 Å². The van der Waals surface area contributed by atoms with Crippen molar-refractivity contribution in [2.24, 2.45) is 0 Å². The average molecular weight is 507 g/mol. The number of ether oxygens (including phenoxy) is 3. The monoisotopic (exact) mass is 506 g/mol. The summed E-state index contributed by atoms with van der Waals surface area (Å²) < 4.78 is 28.6. The van der Waals surface area contributed by atoms with E-state index in [0.717, 1.165) is 22.0 Å². The van der Waals surface area contributed by atoms with Gasteiger partial charge in [-0.3, -0.25) is 4.79 Å². The number of hydrogen-bond acceptors (Lipinski definition) is 6. The van der Waals surface area contributed by atoms with E-state index in [1.54, 1.807) is 44.4 Å². The van der Waals surface area contributed by atoms with Gasteiger partial charge in [-0.2, -0.15) is 0 Å². The van der Waals surface area contributed by atoms with E-state index >= 15 is 0 Å². The van der Waals surface area contributed by atoms with Crippen molar-refractivity contribution in [3.63, 3.8) is 0 Å². The van der Waals surface area contributed by atoms with Crippen LogP contribution in [0.4, 0.5) is 4.39 Å². The Morgan fingerprint density at radius 1 is 1.08 bits per heavy atom. The summed E-state index contributed by atoms with van der Waals surface area (Å²) in [4.78, 5) is 21.0. The number of carbonyl (C=O) groups excluding carboxylic acids is 1. The molecule has 37 heavy (non-hydrogen) atoms. The molecule has 2 N–H and O–H groups in total. The number of rotatable bonds is 11. The van der Waals surface area contributed by atoms with Gasteiger partial charge in [0.15, 0.2) is 17.3 Å². The molecule has 1 atom stereocenters. The highest BCUT2D eigenvalue weighted by Crippen LogP contribution is 2.37. The lowest BCUT2D eigenvalue weighted by atomic mass is 9.92. The van der Waals surface area contributed by atoms with Crippen LogP contribution in [-0.4, -0.2) is 48.4 Å². The summed E-state index contributed by atoms with van der Waals surface area (Å²) in [6.07, 6.45) is 2.12. The molecule has 2 aromatic heterocycles. The number of H-pyrrole nitrogens is 1. The number of methoxy groups -OCH3 is 2. The second-order valence-electron chi connectivity index (χ2n) is 9.05. The Morgan fingerprint density at radius 2 is 1.84 bits per heavy atom. The van der Waals surface area contributed by atoms with Crippen molar-refractivity contribution >= 4 is 16.7 Å². The Morgan fingerprint density at radius 3 is 2.57 bits per heavy atom. The summed E-state index contributed by atoms with van der Waals surface area (Å²) >= 11 is 0. The highest BCUT2D eigenvalue weighted by molar-refractivity contribution is 5.98. The molecule has 0 saturated heterocycles. The third kappa shape index (κ3) is 5.44. The number of para-hydroxylation sites is 1. The zero-order chi connectivity index (χ0) is 26.6. The largest absolute Gasteiger partial charge is 0.494 e. The zero-order valence-corrected chi connectivity index (χ0v) is 21.4. The molecule has 4 aromatic rings. The Balaban J connectivity index is 1.57. The number of fused-ring (bicyclic) bond motifs is 1. The summed E-state index contributed by atoms with van der Waals surface area (Å²) in [5.41, 5.74) is 3.09. The van der Waals surface area contributed by atoms with Gasteiger partial charge in [0.1, 0.15) is 30.3 Å². The molecule has 194 valence electrons. The molecule has 2 aromatic carbocycles. The van der Waals surface area contributed by atoms with Crippen LogP contribution in [-0.2, 0) is 5.60 Å². The first-order chi connectivity index (χ1) is 17.8. The van der Waals surface area contributed by atoms with Crippen LogP contribution in [0.15, 0.2) is 54.7 Å². The van der Waals surface area contributed by atoms with E-state index in [0.29, 0.717) is 34.2 Å². The van der Waals surface area contributed by atoms with E-state index in [2.05, 4.69) is 4.98 Å². The molecule has 0 aliphatic carbocycles. The Kier molecular flexibility index (Phi) is 7.78. The number of nitrogens with one attached hydrogen (secondary N) is 1. The first-order valence-electron chi connectivity index (χ1n) is 12.0. The van der Waals surface area contributed by atoms with E-state index in [1.807, 2.05) is 31.3 Å². The second-order valence-corrected chi connectivity index (χ2v) is 9.05. The second kappa shape index (κ2) is 11.0. The lowest BCUT2D eigenvalue weighted by Crippen LogP contribution is -2.24. The highest BCUT2D eigenvalue weighted by atomic mass is 19.1. The van der Waals surface area contributed by atoms with Crippen molar-refractivity contribution in [3.05, 3.63) is 71.5 Å². The summed E-state index contributed by atoms with van der Waals surface area (Å²) in [7, 11) is 3.04. The summed E-state index contributed by atoms with van der Waals surface area (Å²) in [6.45, 7) is 2.96. The van der Waals surface area contributed by atoms with Crippen molar-refractivity contribution < 1.29 is 28.5 Å². The molecule has 0 aliphatic heterocycles. The molecule has 0 spiro atoms. The van der Waals surface area contributed by atoms with Crippen LogP contribution in [0.5, 0.6) is 17.2 Å². The molecular formula is C29H31FN2O5. The molecule has 0 amide bonds. The Labute approximate surface area is 215 Å². The van der Waals surface area contributed by atoms with Crippen LogP contribution in [0.25, 0.3) is 22.2 Å². The van der Waals surface area contributed by atoms with Gasteiger partial charge < -0.3 is 24.3 Å². The summed E-state index contributed by atoms with van der Waals surface area (Å²) in [5, 5.41) is 12.3. The lowest BCUT2D eigenvalue weighted by Gasteiger charge is -2.23. The van der Waals surface area contributed by atoms with Gasteiger partial charge in [-0.05, 0) is 56.2 Å². The summed E-state index contributed by atoms with van der Waals surface area (Å²) in [5.74, 6) is 1.13. The molecule has 0 saturated carbocycles. The van der Waals surface area contributed by atoms with E-state index < -0.39 is 12.3 Å². The van der Waals surface area contributed by atoms with Crippen LogP contribution in [0.3, 0.4) is 0 Å². The molecule has 8 heteroatoms. The van der Waals surface area contributed by atoms with E-state index in [9.17, 15) is 14.3 Å². The normalized spacial score (nSPS) is 12.8. The fraction of sp³-hybridized carbons (Fsp3) is 0.310. The number of carbonyl (C=O) groups is 1. The van der Waals surface area contributed by atoms with Crippen LogP contribution in [0, 0.1) is 6.92 Å². The zero-order valence-electron chi connectivity index (χ0n) is 21.4. The quantitative estimate of drug-likeness (QED) is 0.251. The smallest absolute Gasteiger partial charge is 0.163 e. The number of aryl methyl sites for hydroxylation is 1. The third-order valence-corrected chi connectivity index (χ3v) is 6.47. The SMILES string of the molecule is COc1cc(C(=O)CC[C@](C)(O)c2ccc(OC)c(-c3c[nH]c4c(C)cccc34)n2)ccc1OCCF. The Hall–Kier alpha value is -3.91. The number of hydrogen-bond donors (Lipinski definition) is 2. The van der Waals surface area contributed by atoms with Crippen molar-refractivity contribution in [2.75, 3.05) is 27.5 Å². The predicted octanol–water partition coefficient (Wildman–Crippen LogP) is 5.77. The minimum absolute atomic E-state index is 0.0795. The number of benzene rings is 2. The van der Waals surface area contributed by atoms with Crippen molar-refractivity contribution in [1.29, 1.82) is 0 Å². The maximum absolute atomic E-state index is 12.9. The first kappa shape index (κ1) is 26.2. The number of pyridine rings is 1. The molecule has 4 rings (SSSR count). The van der Waals surface area contributed by atoms with Crippen molar-refractivity contribution in [3.8, 4) is 28.5 Å². The maximum Gasteiger partial charge on any atom is 0.163 e. The third-order valence-electron chi connectivity index (χ3n) is 6.47. The van der Waals surface area contributed by atoms with Gasteiger partial charge in [0.25, 0.3) is 0 Å². The number of aliphatic hydroxyl groups is 1. The number of halogens is 1. The lowest BCUT2D eigenvalue weighted by molar-refractivity contribution is 0.0397. The van der Waals surface area contributed by atoms with E-state index in [4.69, 9.17) is 19.2 Å². The molecule has 2 heterocycles. The van der Waals surface area contributed by atoms with E-state index in [-0.39, 0.29) is 25.2 Å². The first-order valence-corrected chi connectivity index (χ1v) is 12.0. The van der Waals surface area contributed by atoms with Crippen LogP contribution < -0.4 is 14.2 Å². The fourth-order valence-electron chi connectivity index (χ4n) is 4.34. The molecular weight excluding hydrogens is 475 g/mol. The standard InChI is InChI=1S/C29H31FN2O5/c1-18-6-5-7-20-21(17-31-27(18)20)28-24(35-3)10-11-26(32-28)29(2,34)13-12-22(33)19-8-9-23(37-15-14-30)25(16-19)36-4/h5-11,16-17,31,34H,12-15H2,1-4H3/t29-/m0/s1.